The Balaban J connectivity index is 1.93. The maximum atomic E-state index is 13.7. The third-order valence-electron chi connectivity index (χ3n) is 7.19. The second kappa shape index (κ2) is 16.8. The lowest BCUT2D eigenvalue weighted by atomic mass is 10.00. The van der Waals surface area contributed by atoms with E-state index in [-0.39, 0.29) is 35.5 Å². The van der Waals surface area contributed by atoms with Crippen molar-refractivity contribution in [3.63, 3.8) is 0 Å². The smallest absolute Gasteiger partial charge is 0.253 e. The van der Waals surface area contributed by atoms with E-state index in [0.717, 1.165) is 17.7 Å². The SMILES string of the molecule is CCCN(CCC)C(=O)c1cc(C(=O)NC(Cc2ccccc2)C(O)CN(CC)NS(=O)(=O)c2ccccc2)cc(S(N)(=O)=O)c1. The van der Waals surface area contributed by atoms with Crippen LogP contribution in [-0.4, -0.2) is 82.0 Å². The second-order valence-corrected chi connectivity index (χ2v) is 14.1. The quantitative estimate of drug-likeness (QED) is 0.158. The van der Waals surface area contributed by atoms with E-state index in [1.54, 1.807) is 42.2 Å². The average Bonchev–Trinajstić information content (AvgIpc) is 3.03. The number of carbonyl (C=O) groups is 2. The van der Waals surface area contributed by atoms with Gasteiger partial charge in [0.25, 0.3) is 21.8 Å². The van der Waals surface area contributed by atoms with Crippen LogP contribution in [0.4, 0.5) is 0 Å². The molecule has 46 heavy (non-hydrogen) atoms. The van der Waals surface area contributed by atoms with Gasteiger partial charge in [-0.15, -0.1) is 4.83 Å². The summed E-state index contributed by atoms with van der Waals surface area (Å²) in [6.07, 6.45) is 0.250. The molecule has 3 rings (SSSR count). The number of aliphatic hydroxyl groups excluding tert-OH is 1. The minimum absolute atomic E-state index is 0.00814. The van der Waals surface area contributed by atoms with Crippen LogP contribution in [0.1, 0.15) is 59.9 Å². The lowest BCUT2D eigenvalue weighted by Crippen LogP contribution is -2.53. The predicted molar refractivity (Wildman–Crippen MR) is 176 cm³/mol. The van der Waals surface area contributed by atoms with Crippen molar-refractivity contribution in [2.45, 2.75) is 62.0 Å². The Morgan fingerprint density at radius 2 is 1.39 bits per heavy atom. The zero-order valence-electron chi connectivity index (χ0n) is 26.3. The minimum Gasteiger partial charge on any atom is -0.390 e. The van der Waals surface area contributed by atoms with Gasteiger partial charge in [0.1, 0.15) is 0 Å². The minimum atomic E-state index is -4.29. The number of carbonyl (C=O) groups excluding carboxylic acids is 2. The molecule has 250 valence electrons. The van der Waals surface area contributed by atoms with Crippen LogP contribution >= 0.6 is 0 Å². The highest BCUT2D eigenvalue weighted by Gasteiger charge is 2.28. The first-order chi connectivity index (χ1) is 21.8. The van der Waals surface area contributed by atoms with Crippen molar-refractivity contribution in [3.05, 3.63) is 95.6 Å². The maximum Gasteiger partial charge on any atom is 0.253 e. The van der Waals surface area contributed by atoms with Crippen LogP contribution in [-0.2, 0) is 26.5 Å². The van der Waals surface area contributed by atoms with Crippen molar-refractivity contribution in [3.8, 4) is 0 Å². The third-order valence-corrected chi connectivity index (χ3v) is 9.47. The van der Waals surface area contributed by atoms with Crippen LogP contribution in [0, 0.1) is 0 Å². The van der Waals surface area contributed by atoms with Crippen molar-refractivity contribution in [2.24, 2.45) is 5.14 Å². The number of amides is 2. The molecule has 0 bridgehead atoms. The molecule has 5 N–H and O–H groups in total. The molecule has 3 aromatic carbocycles. The lowest BCUT2D eigenvalue weighted by molar-refractivity contribution is 0.0635. The summed E-state index contributed by atoms with van der Waals surface area (Å²) in [5, 5.41) is 20.9. The van der Waals surface area contributed by atoms with E-state index in [2.05, 4.69) is 10.1 Å². The molecule has 2 unspecified atom stereocenters. The van der Waals surface area contributed by atoms with E-state index in [4.69, 9.17) is 5.14 Å². The van der Waals surface area contributed by atoms with Gasteiger partial charge in [0.05, 0.1) is 21.9 Å². The maximum absolute atomic E-state index is 13.7. The van der Waals surface area contributed by atoms with Gasteiger partial charge in [0.15, 0.2) is 0 Å². The van der Waals surface area contributed by atoms with E-state index < -0.39 is 48.9 Å². The number of benzene rings is 3. The molecule has 0 fully saturated rings. The number of sulfonamides is 2. The Morgan fingerprint density at radius 1 is 0.826 bits per heavy atom. The first-order valence-corrected chi connectivity index (χ1v) is 18.1. The second-order valence-electron chi connectivity index (χ2n) is 10.9. The highest BCUT2D eigenvalue weighted by molar-refractivity contribution is 7.89. The molecule has 0 radical (unpaired) electrons. The normalized spacial score (nSPS) is 13.3. The predicted octanol–water partition coefficient (Wildman–Crippen LogP) is 2.51. The fraction of sp³-hybridized carbons (Fsp3) is 0.375. The summed E-state index contributed by atoms with van der Waals surface area (Å²) >= 11 is 0. The molecule has 2 atom stereocenters. The summed E-state index contributed by atoms with van der Waals surface area (Å²) in [5.74, 6) is -1.18. The highest BCUT2D eigenvalue weighted by Crippen LogP contribution is 2.18. The Labute approximate surface area is 271 Å². The molecular formula is C32H43N5O7S2. The van der Waals surface area contributed by atoms with Crippen LogP contribution in [0.5, 0.6) is 0 Å². The molecule has 12 nitrogen and oxygen atoms in total. The topological polar surface area (TPSA) is 179 Å². The number of aliphatic hydroxyl groups is 1. The standard InChI is InChI=1S/C32H43N5O7S2/c1-4-17-36(18-5-2)32(40)26-20-25(21-28(22-26)45(33,41)42)31(39)34-29(19-24-13-9-7-10-14-24)30(38)23-37(6-3)35-46(43,44)27-15-11-8-12-16-27/h7-16,20-22,29-30,35,38H,4-6,17-19,23H2,1-3H3,(H,34,39)(H2,33,41,42). The fourth-order valence-electron chi connectivity index (χ4n) is 4.86. The van der Waals surface area contributed by atoms with E-state index in [1.807, 2.05) is 32.0 Å². The summed E-state index contributed by atoms with van der Waals surface area (Å²) in [5.41, 5.74) is 0.639. The summed E-state index contributed by atoms with van der Waals surface area (Å²) in [7, 11) is -8.23. The molecule has 0 aliphatic carbocycles. The zero-order valence-corrected chi connectivity index (χ0v) is 27.9. The number of hydrogen-bond donors (Lipinski definition) is 4. The Kier molecular flexibility index (Phi) is 13.4. The van der Waals surface area contributed by atoms with Crippen LogP contribution < -0.4 is 15.3 Å². The molecule has 0 aliphatic rings. The van der Waals surface area contributed by atoms with Gasteiger partial charge in [0.2, 0.25) is 10.0 Å². The van der Waals surface area contributed by atoms with Gasteiger partial charge in [-0.1, -0.05) is 69.3 Å². The van der Waals surface area contributed by atoms with Gasteiger partial charge in [-0.2, -0.15) is 0 Å². The molecule has 0 heterocycles. The van der Waals surface area contributed by atoms with Crippen molar-refractivity contribution in [2.75, 3.05) is 26.2 Å². The Bertz CT molecular complexity index is 1670. The van der Waals surface area contributed by atoms with Gasteiger partial charge in [-0.3, -0.25) is 9.59 Å². The number of hydrogen-bond acceptors (Lipinski definition) is 8. The van der Waals surface area contributed by atoms with Crippen LogP contribution in [0.25, 0.3) is 0 Å². The third kappa shape index (κ3) is 10.4. The van der Waals surface area contributed by atoms with Gasteiger partial charge < -0.3 is 15.3 Å². The molecule has 2 amide bonds. The summed E-state index contributed by atoms with van der Waals surface area (Å²) < 4.78 is 50.6. The van der Waals surface area contributed by atoms with Gasteiger partial charge in [0, 0.05) is 37.3 Å². The van der Waals surface area contributed by atoms with E-state index >= 15 is 0 Å². The van der Waals surface area contributed by atoms with Crippen LogP contribution in [0.2, 0.25) is 0 Å². The van der Waals surface area contributed by atoms with Crippen molar-refractivity contribution in [1.29, 1.82) is 0 Å². The summed E-state index contributed by atoms with van der Waals surface area (Å²) in [6.45, 7) is 6.44. The van der Waals surface area contributed by atoms with Crippen molar-refractivity contribution < 1.29 is 31.5 Å². The fourth-order valence-corrected chi connectivity index (χ4v) is 6.61. The Morgan fingerprint density at radius 3 is 1.93 bits per heavy atom. The molecule has 0 spiro atoms. The molecule has 0 saturated heterocycles. The zero-order chi connectivity index (χ0) is 33.9. The average molecular weight is 674 g/mol. The van der Waals surface area contributed by atoms with Gasteiger partial charge >= 0.3 is 0 Å². The largest absolute Gasteiger partial charge is 0.390 e. The number of nitrogens with two attached hydrogens (primary N) is 1. The highest BCUT2D eigenvalue weighted by atomic mass is 32.2. The molecule has 0 saturated carbocycles. The van der Waals surface area contributed by atoms with Gasteiger partial charge in [-0.25, -0.2) is 27.0 Å². The number of rotatable bonds is 17. The summed E-state index contributed by atoms with van der Waals surface area (Å²) in [6, 6.07) is 19.5. The van der Waals surface area contributed by atoms with Crippen molar-refractivity contribution >= 4 is 31.9 Å². The first kappa shape index (κ1) is 36.8. The molecule has 0 aliphatic heterocycles. The number of nitrogens with zero attached hydrogens (tertiary/aromatic N) is 2. The number of hydrazine groups is 1. The number of nitrogens with one attached hydrogen (secondary N) is 2. The van der Waals surface area contributed by atoms with Crippen LogP contribution in [0.3, 0.4) is 0 Å². The molecule has 0 aromatic heterocycles. The lowest BCUT2D eigenvalue weighted by Gasteiger charge is -2.30. The Hall–Kier alpha value is -3.66. The van der Waals surface area contributed by atoms with E-state index in [0.29, 0.717) is 25.9 Å². The van der Waals surface area contributed by atoms with E-state index in [9.17, 15) is 31.5 Å². The monoisotopic (exact) mass is 673 g/mol. The van der Waals surface area contributed by atoms with Crippen molar-refractivity contribution in [1.82, 2.24) is 20.1 Å². The van der Waals surface area contributed by atoms with Crippen LogP contribution in [0.15, 0.2) is 88.7 Å². The summed E-state index contributed by atoms with van der Waals surface area (Å²) in [4.78, 5) is 30.8. The number of likely N-dealkylation sites (N-methyl/N-ethyl adjacent to an activating group) is 1. The molecule has 3 aromatic rings. The molecular weight excluding hydrogens is 631 g/mol. The van der Waals surface area contributed by atoms with Gasteiger partial charge in [-0.05, 0) is 55.2 Å². The number of primary sulfonamides is 1. The first-order valence-electron chi connectivity index (χ1n) is 15.1. The molecule has 14 heteroatoms. The van der Waals surface area contributed by atoms with E-state index in [1.165, 1.54) is 23.2 Å².